The molecular formula is C12H16N2O3S. The van der Waals surface area contributed by atoms with E-state index in [1.165, 1.54) is 11.8 Å². The van der Waals surface area contributed by atoms with Crippen LogP contribution < -0.4 is 11.1 Å². The molecule has 0 bridgehead atoms. The van der Waals surface area contributed by atoms with Crippen LogP contribution in [0.5, 0.6) is 0 Å². The highest BCUT2D eigenvalue weighted by atomic mass is 32.2. The number of aliphatic carboxylic acids is 1. The molecule has 1 rings (SSSR count). The molecule has 6 heteroatoms. The van der Waals surface area contributed by atoms with Crippen LogP contribution in [0.3, 0.4) is 0 Å². The molecule has 1 aromatic carbocycles. The van der Waals surface area contributed by atoms with Gasteiger partial charge < -0.3 is 16.2 Å². The van der Waals surface area contributed by atoms with Crippen LogP contribution in [-0.4, -0.2) is 34.5 Å². The Morgan fingerprint density at radius 3 is 2.61 bits per heavy atom. The van der Waals surface area contributed by atoms with Crippen LogP contribution in [0, 0.1) is 0 Å². The predicted octanol–water partition coefficient (Wildman–Crippen LogP) is 1.16. The Morgan fingerprint density at radius 1 is 1.33 bits per heavy atom. The number of carboxylic acids is 1. The Hall–Kier alpha value is -1.53. The van der Waals surface area contributed by atoms with Gasteiger partial charge in [0.1, 0.15) is 6.04 Å². The van der Waals surface area contributed by atoms with Gasteiger partial charge in [-0.1, -0.05) is 18.2 Å². The van der Waals surface area contributed by atoms with E-state index in [4.69, 9.17) is 10.8 Å². The summed E-state index contributed by atoms with van der Waals surface area (Å²) in [6, 6.07) is 8.31. The Morgan fingerprint density at radius 2 is 2.00 bits per heavy atom. The largest absolute Gasteiger partial charge is 0.480 e. The second kappa shape index (κ2) is 7.73. The van der Waals surface area contributed by atoms with Crippen molar-refractivity contribution < 1.29 is 14.7 Å². The van der Waals surface area contributed by atoms with Crippen molar-refractivity contribution >= 4 is 29.3 Å². The monoisotopic (exact) mass is 268 g/mol. The Labute approximate surface area is 110 Å². The molecule has 0 aliphatic heterocycles. The standard InChI is InChI=1S/C12H16N2O3S/c13-10(12(16)17)8-18-7-6-11(15)14-9-4-2-1-3-5-9/h1-5,10H,6-8,13H2,(H,14,15)(H,16,17)/t10-/m0/s1. The molecule has 5 nitrogen and oxygen atoms in total. The van der Waals surface area contributed by atoms with Crippen molar-refractivity contribution in [2.45, 2.75) is 12.5 Å². The van der Waals surface area contributed by atoms with Crippen molar-refractivity contribution in [3.8, 4) is 0 Å². The zero-order valence-corrected chi connectivity index (χ0v) is 10.7. The summed E-state index contributed by atoms with van der Waals surface area (Å²) >= 11 is 1.36. The van der Waals surface area contributed by atoms with Gasteiger partial charge in [-0.2, -0.15) is 11.8 Å². The number of amides is 1. The molecule has 0 aliphatic rings. The summed E-state index contributed by atoms with van der Waals surface area (Å²) in [5.74, 6) is -0.234. The summed E-state index contributed by atoms with van der Waals surface area (Å²) in [7, 11) is 0. The van der Waals surface area contributed by atoms with Gasteiger partial charge in [0.25, 0.3) is 0 Å². The topological polar surface area (TPSA) is 92.4 Å². The maximum absolute atomic E-state index is 11.5. The molecule has 0 heterocycles. The van der Waals surface area contributed by atoms with Gasteiger partial charge in [0.05, 0.1) is 0 Å². The molecular weight excluding hydrogens is 252 g/mol. The first kappa shape index (κ1) is 14.5. The summed E-state index contributed by atoms with van der Waals surface area (Å²) < 4.78 is 0. The van der Waals surface area contributed by atoms with E-state index in [0.29, 0.717) is 17.9 Å². The minimum absolute atomic E-state index is 0.0856. The first-order valence-electron chi connectivity index (χ1n) is 5.50. The smallest absolute Gasteiger partial charge is 0.321 e. The molecule has 0 saturated carbocycles. The van der Waals surface area contributed by atoms with Gasteiger partial charge >= 0.3 is 5.97 Å². The molecule has 0 radical (unpaired) electrons. The highest BCUT2D eigenvalue weighted by Gasteiger charge is 2.11. The summed E-state index contributed by atoms with van der Waals surface area (Å²) in [5, 5.41) is 11.3. The number of carbonyl (C=O) groups excluding carboxylic acids is 1. The fourth-order valence-corrected chi connectivity index (χ4v) is 2.08. The number of carboxylic acid groups (broad SMARTS) is 1. The molecule has 1 aromatic rings. The number of nitrogens with one attached hydrogen (secondary N) is 1. The predicted molar refractivity (Wildman–Crippen MR) is 72.6 cm³/mol. The van der Waals surface area contributed by atoms with Crippen molar-refractivity contribution in [2.24, 2.45) is 5.73 Å². The highest BCUT2D eigenvalue weighted by molar-refractivity contribution is 7.99. The zero-order valence-electron chi connectivity index (χ0n) is 9.83. The van der Waals surface area contributed by atoms with E-state index in [0.717, 1.165) is 5.69 Å². The van der Waals surface area contributed by atoms with Gasteiger partial charge in [-0.3, -0.25) is 9.59 Å². The molecule has 0 aromatic heterocycles. The van der Waals surface area contributed by atoms with Crippen molar-refractivity contribution in [1.82, 2.24) is 0 Å². The van der Waals surface area contributed by atoms with Gasteiger partial charge in [0.15, 0.2) is 0 Å². The second-order valence-electron chi connectivity index (χ2n) is 3.68. The number of anilines is 1. The van der Waals surface area contributed by atoms with Gasteiger partial charge in [-0.15, -0.1) is 0 Å². The van der Waals surface area contributed by atoms with Crippen molar-refractivity contribution in [1.29, 1.82) is 0 Å². The summed E-state index contributed by atoms with van der Waals surface area (Å²) in [6.07, 6.45) is 0.339. The number of benzene rings is 1. The molecule has 0 spiro atoms. The third kappa shape index (κ3) is 5.70. The molecule has 1 atom stereocenters. The van der Waals surface area contributed by atoms with Crippen LogP contribution >= 0.6 is 11.8 Å². The lowest BCUT2D eigenvalue weighted by molar-refractivity contribution is -0.137. The molecule has 0 saturated heterocycles. The number of carbonyl (C=O) groups is 2. The van der Waals surface area contributed by atoms with E-state index in [9.17, 15) is 9.59 Å². The minimum Gasteiger partial charge on any atom is -0.480 e. The number of thioether (sulfide) groups is 1. The maximum Gasteiger partial charge on any atom is 0.321 e. The summed E-state index contributed by atoms with van der Waals surface area (Å²) in [4.78, 5) is 22.0. The lowest BCUT2D eigenvalue weighted by Crippen LogP contribution is -2.32. The minimum atomic E-state index is -1.02. The quantitative estimate of drug-likeness (QED) is 0.645. The van der Waals surface area contributed by atoms with Crippen molar-refractivity contribution in [2.75, 3.05) is 16.8 Å². The lowest BCUT2D eigenvalue weighted by Gasteiger charge is -2.06. The molecule has 0 aliphatic carbocycles. The van der Waals surface area contributed by atoms with E-state index in [-0.39, 0.29) is 5.91 Å². The Kier molecular flexibility index (Phi) is 6.24. The average molecular weight is 268 g/mol. The molecule has 1 amide bonds. The summed E-state index contributed by atoms with van der Waals surface area (Å²) in [6.45, 7) is 0. The SMILES string of the molecule is N[C@@H](CSCCC(=O)Nc1ccccc1)C(=O)O. The van der Waals surface area contributed by atoms with E-state index >= 15 is 0 Å². The number of hydrogen-bond donors (Lipinski definition) is 3. The van der Waals surface area contributed by atoms with Gasteiger partial charge in [-0.25, -0.2) is 0 Å². The zero-order chi connectivity index (χ0) is 13.4. The van der Waals surface area contributed by atoms with Gasteiger partial charge in [0, 0.05) is 23.6 Å². The first-order chi connectivity index (χ1) is 8.59. The second-order valence-corrected chi connectivity index (χ2v) is 4.83. The van der Waals surface area contributed by atoms with Crippen LogP contribution in [0.4, 0.5) is 5.69 Å². The fraction of sp³-hybridized carbons (Fsp3) is 0.333. The number of para-hydroxylation sites is 1. The van der Waals surface area contributed by atoms with Crippen LogP contribution in [0.15, 0.2) is 30.3 Å². The normalized spacial score (nSPS) is 11.8. The number of nitrogens with two attached hydrogens (primary N) is 1. The number of hydrogen-bond acceptors (Lipinski definition) is 4. The van der Waals surface area contributed by atoms with Crippen LogP contribution in [0.25, 0.3) is 0 Å². The molecule has 4 N–H and O–H groups in total. The first-order valence-corrected chi connectivity index (χ1v) is 6.66. The Bertz CT molecular complexity index is 398. The summed E-state index contributed by atoms with van der Waals surface area (Å²) in [5.41, 5.74) is 6.10. The van der Waals surface area contributed by atoms with Crippen LogP contribution in [0.1, 0.15) is 6.42 Å². The van der Waals surface area contributed by atoms with E-state index in [1.807, 2.05) is 30.3 Å². The third-order valence-corrected chi connectivity index (χ3v) is 3.23. The maximum atomic E-state index is 11.5. The van der Waals surface area contributed by atoms with Crippen molar-refractivity contribution in [3.63, 3.8) is 0 Å². The molecule has 0 unspecified atom stereocenters. The van der Waals surface area contributed by atoms with Gasteiger partial charge in [-0.05, 0) is 12.1 Å². The number of rotatable bonds is 7. The van der Waals surface area contributed by atoms with Crippen molar-refractivity contribution in [3.05, 3.63) is 30.3 Å². The van der Waals surface area contributed by atoms with E-state index in [1.54, 1.807) is 0 Å². The highest BCUT2D eigenvalue weighted by Crippen LogP contribution is 2.08. The molecule has 0 fully saturated rings. The van der Waals surface area contributed by atoms with Crippen LogP contribution in [-0.2, 0) is 9.59 Å². The van der Waals surface area contributed by atoms with E-state index in [2.05, 4.69) is 5.32 Å². The molecule has 18 heavy (non-hydrogen) atoms. The molecule has 98 valence electrons. The third-order valence-electron chi connectivity index (χ3n) is 2.15. The fourth-order valence-electron chi connectivity index (χ4n) is 1.19. The Balaban J connectivity index is 2.16. The lowest BCUT2D eigenvalue weighted by atomic mass is 10.3. The average Bonchev–Trinajstić information content (AvgIpc) is 2.35. The van der Waals surface area contributed by atoms with Crippen LogP contribution in [0.2, 0.25) is 0 Å². The van der Waals surface area contributed by atoms with Gasteiger partial charge in [0.2, 0.25) is 5.91 Å². The van der Waals surface area contributed by atoms with E-state index < -0.39 is 12.0 Å².